The molecule has 134 valence electrons. The summed E-state index contributed by atoms with van der Waals surface area (Å²) in [6.07, 6.45) is 1.57. The van der Waals surface area contributed by atoms with Gasteiger partial charge in [0.25, 0.3) is 5.91 Å². The third-order valence-corrected chi connectivity index (χ3v) is 5.75. The van der Waals surface area contributed by atoms with Crippen molar-refractivity contribution in [3.05, 3.63) is 51.6 Å². The van der Waals surface area contributed by atoms with Gasteiger partial charge < -0.3 is 5.32 Å². The first kappa shape index (κ1) is 18.7. The first-order chi connectivity index (χ1) is 12.4. The Hall–Kier alpha value is -2.10. The second-order valence-electron chi connectivity index (χ2n) is 5.45. The largest absolute Gasteiger partial charge is 0.302 e. The van der Waals surface area contributed by atoms with E-state index in [1.165, 1.54) is 28.4 Å². The van der Waals surface area contributed by atoms with Crippen molar-refractivity contribution in [3.8, 4) is 0 Å². The standard InChI is InChI=1S/C17H14FN3O2S3/c1-10-9-25-16(19-10)20-14(22)6-7-21-15(23)13(26-17(21)24)8-11-4-2-3-5-12(11)18/h2-5,8-9H,6-7H2,1H3,(H,19,20,22). The van der Waals surface area contributed by atoms with Crippen LogP contribution in [-0.4, -0.2) is 32.6 Å². The van der Waals surface area contributed by atoms with Crippen LogP contribution < -0.4 is 5.32 Å². The highest BCUT2D eigenvalue weighted by atomic mass is 32.2. The van der Waals surface area contributed by atoms with E-state index in [1.54, 1.807) is 18.2 Å². The maximum Gasteiger partial charge on any atom is 0.266 e. The van der Waals surface area contributed by atoms with Gasteiger partial charge >= 0.3 is 0 Å². The van der Waals surface area contributed by atoms with Gasteiger partial charge in [0.05, 0.1) is 10.6 Å². The minimum atomic E-state index is -0.407. The first-order valence-electron chi connectivity index (χ1n) is 7.66. The highest BCUT2D eigenvalue weighted by molar-refractivity contribution is 8.26. The van der Waals surface area contributed by atoms with E-state index in [1.807, 2.05) is 12.3 Å². The summed E-state index contributed by atoms with van der Waals surface area (Å²) in [5.74, 6) is -0.969. The Balaban J connectivity index is 1.62. The van der Waals surface area contributed by atoms with E-state index in [9.17, 15) is 14.0 Å². The topological polar surface area (TPSA) is 62.3 Å². The number of carbonyl (C=O) groups excluding carboxylic acids is 2. The van der Waals surface area contributed by atoms with Crippen LogP contribution in [0, 0.1) is 12.7 Å². The highest BCUT2D eigenvalue weighted by Gasteiger charge is 2.32. The smallest absolute Gasteiger partial charge is 0.266 e. The molecule has 3 rings (SSSR count). The van der Waals surface area contributed by atoms with Gasteiger partial charge in [0, 0.05) is 23.9 Å². The van der Waals surface area contributed by atoms with Crippen LogP contribution in [0.25, 0.3) is 6.08 Å². The van der Waals surface area contributed by atoms with Crippen molar-refractivity contribution >= 4 is 62.7 Å². The van der Waals surface area contributed by atoms with Gasteiger partial charge in [-0.05, 0) is 19.1 Å². The number of anilines is 1. The van der Waals surface area contributed by atoms with Crippen LogP contribution in [0.5, 0.6) is 0 Å². The van der Waals surface area contributed by atoms with Crippen LogP contribution in [0.4, 0.5) is 9.52 Å². The fourth-order valence-electron chi connectivity index (χ4n) is 2.23. The number of carbonyl (C=O) groups is 2. The van der Waals surface area contributed by atoms with Gasteiger partial charge in [-0.1, -0.05) is 42.2 Å². The summed E-state index contributed by atoms with van der Waals surface area (Å²) in [5, 5.41) is 5.05. The molecule has 1 aliphatic rings. The van der Waals surface area contributed by atoms with Crippen LogP contribution in [0.15, 0.2) is 34.6 Å². The lowest BCUT2D eigenvalue weighted by Gasteiger charge is -2.13. The second kappa shape index (κ2) is 8.07. The zero-order valence-electron chi connectivity index (χ0n) is 13.7. The van der Waals surface area contributed by atoms with E-state index in [2.05, 4.69) is 10.3 Å². The van der Waals surface area contributed by atoms with Crippen LogP contribution in [0.1, 0.15) is 17.7 Å². The molecule has 26 heavy (non-hydrogen) atoms. The fraction of sp³-hybridized carbons (Fsp3) is 0.176. The lowest BCUT2D eigenvalue weighted by molar-refractivity contribution is -0.122. The number of nitrogens with one attached hydrogen (secondary N) is 1. The van der Waals surface area contributed by atoms with Gasteiger partial charge in [-0.3, -0.25) is 14.5 Å². The molecule has 1 saturated heterocycles. The molecule has 0 unspecified atom stereocenters. The molecule has 0 spiro atoms. The average Bonchev–Trinajstić information content (AvgIpc) is 3.11. The van der Waals surface area contributed by atoms with Crippen LogP contribution in [0.3, 0.4) is 0 Å². The second-order valence-corrected chi connectivity index (χ2v) is 7.98. The molecule has 9 heteroatoms. The number of aryl methyl sites for hydroxylation is 1. The number of amides is 2. The molecule has 2 heterocycles. The Kier molecular flexibility index (Phi) is 5.80. The quantitative estimate of drug-likeness (QED) is 0.603. The average molecular weight is 408 g/mol. The van der Waals surface area contributed by atoms with E-state index < -0.39 is 5.82 Å². The van der Waals surface area contributed by atoms with Crippen molar-refractivity contribution < 1.29 is 14.0 Å². The van der Waals surface area contributed by atoms with Crippen molar-refractivity contribution in [3.63, 3.8) is 0 Å². The fourth-order valence-corrected chi connectivity index (χ4v) is 4.24. The number of hydrogen-bond acceptors (Lipinski definition) is 6. The summed E-state index contributed by atoms with van der Waals surface area (Å²) in [5.41, 5.74) is 1.16. The molecule has 1 aromatic carbocycles. The monoisotopic (exact) mass is 407 g/mol. The lowest BCUT2D eigenvalue weighted by atomic mass is 10.2. The van der Waals surface area contributed by atoms with E-state index in [0.717, 1.165) is 17.5 Å². The molecule has 5 nitrogen and oxygen atoms in total. The summed E-state index contributed by atoms with van der Waals surface area (Å²) < 4.78 is 14.1. The molecule has 2 aromatic rings. The molecule has 0 bridgehead atoms. The lowest BCUT2D eigenvalue weighted by Crippen LogP contribution is -2.31. The number of thiazole rings is 1. The number of halogens is 1. The third-order valence-electron chi connectivity index (χ3n) is 3.49. The molecular weight excluding hydrogens is 393 g/mol. The Morgan fingerprint density at radius 2 is 2.19 bits per heavy atom. The van der Waals surface area contributed by atoms with Crippen molar-refractivity contribution in [2.75, 3.05) is 11.9 Å². The maximum absolute atomic E-state index is 13.8. The summed E-state index contributed by atoms with van der Waals surface area (Å²) in [6.45, 7) is 2.00. The number of rotatable bonds is 5. The molecule has 2 amide bonds. The Bertz CT molecular complexity index is 910. The summed E-state index contributed by atoms with van der Waals surface area (Å²) >= 11 is 7.67. The minimum Gasteiger partial charge on any atom is -0.302 e. The van der Waals surface area contributed by atoms with E-state index in [-0.39, 0.29) is 24.8 Å². The molecule has 0 radical (unpaired) electrons. The van der Waals surface area contributed by atoms with Crippen molar-refractivity contribution in [2.45, 2.75) is 13.3 Å². The molecule has 0 aliphatic carbocycles. The number of aromatic nitrogens is 1. The molecule has 1 N–H and O–H groups in total. The van der Waals surface area contributed by atoms with Gasteiger partial charge in [0.15, 0.2) is 5.13 Å². The van der Waals surface area contributed by atoms with E-state index >= 15 is 0 Å². The molecule has 1 aliphatic heterocycles. The zero-order valence-corrected chi connectivity index (χ0v) is 16.1. The SMILES string of the molecule is Cc1csc(NC(=O)CCN2C(=O)C(=Cc3ccccc3F)SC2=S)n1. The third kappa shape index (κ3) is 4.35. The maximum atomic E-state index is 13.8. The predicted octanol–water partition coefficient (Wildman–Crippen LogP) is 3.82. The summed E-state index contributed by atoms with van der Waals surface area (Å²) in [6, 6.07) is 6.20. The van der Waals surface area contributed by atoms with Crippen molar-refractivity contribution in [1.29, 1.82) is 0 Å². The Morgan fingerprint density at radius 1 is 1.42 bits per heavy atom. The number of nitrogens with zero attached hydrogens (tertiary/aromatic N) is 2. The van der Waals surface area contributed by atoms with Crippen molar-refractivity contribution in [2.24, 2.45) is 0 Å². The summed E-state index contributed by atoms with van der Waals surface area (Å²) in [4.78, 5) is 30.4. The predicted molar refractivity (Wildman–Crippen MR) is 106 cm³/mol. The first-order valence-corrected chi connectivity index (χ1v) is 9.76. The molecule has 0 atom stereocenters. The molecule has 1 fully saturated rings. The van der Waals surface area contributed by atoms with Crippen LogP contribution in [0.2, 0.25) is 0 Å². The van der Waals surface area contributed by atoms with Crippen LogP contribution >= 0.6 is 35.3 Å². The van der Waals surface area contributed by atoms with Crippen LogP contribution in [-0.2, 0) is 9.59 Å². The highest BCUT2D eigenvalue weighted by Crippen LogP contribution is 2.33. The van der Waals surface area contributed by atoms with Gasteiger partial charge in [0.1, 0.15) is 10.1 Å². The van der Waals surface area contributed by atoms with E-state index in [4.69, 9.17) is 12.2 Å². The normalized spacial score (nSPS) is 15.8. The molecule has 1 aromatic heterocycles. The van der Waals surface area contributed by atoms with Crippen molar-refractivity contribution in [1.82, 2.24) is 9.88 Å². The van der Waals surface area contributed by atoms with Gasteiger partial charge in [-0.25, -0.2) is 9.37 Å². The Labute approximate surface area is 163 Å². The minimum absolute atomic E-state index is 0.0953. The molecule has 0 saturated carbocycles. The summed E-state index contributed by atoms with van der Waals surface area (Å²) in [7, 11) is 0. The van der Waals surface area contributed by atoms with E-state index in [0.29, 0.717) is 19.9 Å². The Morgan fingerprint density at radius 3 is 2.88 bits per heavy atom. The molecular formula is C17H14FN3O2S3. The number of thioether (sulfide) groups is 1. The zero-order chi connectivity index (χ0) is 18.7. The number of hydrogen-bond donors (Lipinski definition) is 1. The number of thiocarbonyl (C=S) groups is 1. The van der Waals surface area contributed by atoms with Gasteiger partial charge in [0.2, 0.25) is 5.91 Å². The van der Waals surface area contributed by atoms with Gasteiger partial charge in [-0.15, -0.1) is 11.3 Å². The number of benzene rings is 1. The van der Waals surface area contributed by atoms with Gasteiger partial charge in [-0.2, -0.15) is 0 Å².